The van der Waals surface area contributed by atoms with E-state index in [1.54, 1.807) is 10.9 Å². The molecule has 0 saturated heterocycles. The monoisotopic (exact) mass is 300 g/mol. The maximum Gasteiger partial charge on any atom is 0.211 e. The average molecular weight is 300 g/mol. The lowest BCUT2D eigenvalue weighted by Gasteiger charge is -2.36. The Morgan fingerprint density at radius 1 is 1.15 bits per heavy atom. The van der Waals surface area contributed by atoms with Crippen molar-refractivity contribution in [3.05, 3.63) is 12.3 Å². The van der Waals surface area contributed by atoms with Crippen molar-refractivity contribution in [1.82, 2.24) is 9.78 Å². The zero-order valence-electron chi connectivity index (χ0n) is 13.6. The van der Waals surface area contributed by atoms with Gasteiger partial charge in [-0.2, -0.15) is 5.10 Å². The summed E-state index contributed by atoms with van der Waals surface area (Å²) in [6, 6.07) is 1.83. The Balaban J connectivity index is 2.07. The summed E-state index contributed by atoms with van der Waals surface area (Å²) in [4.78, 5) is 0. The zero-order valence-corrected chi connectivity index (χ0v) is 14.6. The fourth-order valence-corrected chi connectivity index (χ4v) is 2.41. The molecule has 0 bridgehead atoms. The highest BCUT2D eigenvalue weighted by Gasteiger charge is 2.36. The van der Waals surface area contributed by atoms with Crippen LogP contribution in [0.1, 0.15) is 20.8 Å². The van der Waals surface area contributed by atoms with Crippen LogP contribution in [0.15, 0.2) is 12.3 Å². The third-order valence-corrected chi connectivity index (χ3v) is 8.29. The van der Waals surface area contributed by atoms with Gasteiger partial charge in [-0.25, -0.2) is 4.68 Å². The molecule has 0 saturated carbocycles. The molecule has 0 aliphatic rings. The second kappa shape index (κ2) is 7.24. The van der Waals surface area contributed by atoms with Crippen molar-refractivity contribution in [3.8, 4) is 5.88 Å². The molecule has 0 radical (unpaired) electrons. The summed E-state index contributed by atoms with van der Waals surface area (Å²) in [5.41, 5.74) is 0. The highest BCUT2D eigenvalue weighted by atomic mass is 28.4. The third kappa shape index (κ3) is 5.26. The number of aryl methyl sites for hydroxylation is 1. The van der Waals surface area contributed by atoms with Gasteiger partial charge in [0.05, 0.1) is 26.0 Å². The molecular formula is C14H28N2O3Si. The Bertz CT molecular complexity index is 399. The Hall–Kier alpha value is -0.853. The quantitative estimate of drug-likeness (QED) is 0.547. The van der Waals surface area contributed by atoms with Gasteiger partial charge < -0.3 is 13.9 Å². The van der Waals surface area contributed by atoms with Crippen LogP contribution in [0.5, 0.6) is 5.88 Å². The summed E-state index contributed by atoms with van der Waals surface area (Å²) in [5.74, 6) is 0.756. The molecule has 0 amide bonds. The first kappa shape index (κ1) is 17.2. The predicted octanol–water partition coefficient (Wildman–Crippen LogP) is 2.84. The van der Waals surface area contributed by atoms with Crippen LogP contribution in [-0.2, 0) is 16.2 Å². The lowest BCUT2D eigenvalue weighted by Crippen LogP contribution is -2.41. The van der Waals surface area contributed by atoms with E-state index in [1.165, 1.54) is 0 Å². The van der Waals surface area contributed by atoms with E-state index in [1.807, 2.05) is 13.1 Å². The Morgan fingerprint density at radius 3 is 2.35 bits per heavy atom. The summed E-state index contributed by atoms with van der Waals surface area (Å²) < 4.78 is 18.8. The standard InChI is InChI=1S/C14H28N2O3Si/c1-14(2,3)20(5,6)19-12-10-17-9-11-18-13-7-8-15-16(13)4/h7-8H,9-12H2,1-6H3. The van der Waals surface area contributed by atoms with Crippen molar-refractivity contribution < 1.29 is 13.9 Å². The van der Waals surface area contributed by atoms with Gasteiger partial charge in [0.1, 0.15) is 6.61 Å². The molecule has 1 heterocycles. The van der Waals surface area contributed by atoms with E-state index >= 15 is 0 Å². The maximum absolute atomic E-state index is 6.02. The average Bonchev–Trinajstić information content (AvgIpc) is 2.72. The van der Waals surface area contributed by atoms with Crippen molar-refractivity contribution in [1.29, 1.82) is 0 Å². The smallest absolute Gasteiger partial charge is 0.211 e. The second-order valence-corrected chi connectivity index (χ2v) is 11.2. The van der Waals surface area contributed by atoms with Crippen LogP contribution in [0.25, 0.3) is 0 Å². The number of nitrogens with zero attached hydrogens (tertiary/aromatic N) is 2. The number of hydrogen-bond donors (Lipinski definition) is 0. The Labute approximate surface area is 123 Å². The molecule has 6 heteroatoms. The molecule has 1 rings (SSSR count). The zero-order chi connectivity index (χ0) is 15.2. The number of ether oxygens (including phenoxy) is 2. The van der Waals surface area contributed by atoms with Crippen LogP contribution >= 0.6 is 0 Å². The van der Waals surface area contributed by atoms with Gasteiger partial charge in [-0.1, -0.05) is 20.8 Å². The normalized spacial score (nSPS) is 12.7. The minimum absolute atomic E-state index is 0.246. The molecule has 0 atom stereocenters. The molecule has 1 aromatic rings. The van der Waals surface area contributed by atoms with Crippen molar-refractivity contribution in [2.75, 3.05) is 26.4 Å². The molecular weight excluding hydrogens is 272 g/mol. The molecule has 0 spiro atoms. The van der Waals surface area contributed by atoms with E-state index in [-0.39, 0.29) is 5.04 Å². The van der Waals surface area contributed by atoms with Crippen LogP contribution in [0.2, 0.25) is 18.1 Å². The molecule has 0 aromatic carbocycles. The van der Waals surface area contributed by atoms with E-state index < -0.39 is 8.32 Å². The minimum atomic E-state index is -1.65. The first-order chi connectivity index (χ1) is 9.24. The van der Waals surface area contributed by atoms with Gasteiger partial charge in [-0.05, 0) is 18.1 Å². The Morgan fingerprint density at radius 2 is 1.80 bits per heavy atom. The molecule has 0 fully saturated rings. The molecule has 116 valence electrons. The van der Waals surface area contributed by atoms with Gasteiger partial charge in [0.2, 0.25) is 5.88 Å². The van der Waals surface area contributed by atoms with Crippen molar-refractivity contribution >= 4 is 8.32 Å². The van der Waals surface area contributed by atoms with E-state index in [2.05, 4.69) is 39.0 Å². The Kier molecular flexibility index (Phi) is 6.23. The predicted molar refractivity (Wildman–Crippen MR) is 82.7 cm³/mol. The van der Waals surface area contributed by atoms with Gasteiger partial charge in [0, 0.05) is 13.1 Å². The number of aromatic nitrogens is 2. The fourth-order valence-electron chi connectivity index (χ4n) is 1.38. The molecule has 0 unspecified atom stereocenters. The maximum atomic E-state index is 6.02. The summed E-state index contributed by atoms with van der Waals surface area (Å²) in [6.07, 6.45) is 1.71. The summed E-state index contributed by atoms with van der Waals surface area (Å²) in [6.45, 7) is 13.6. The van der Waals surface area contributed by atoms with E-state index in [0.717, 1.165) is 5.88 Å². The van der Waals surface area contributed by atoms with E-state index in [9.17, 15) is 0 Å². The molecule has 0 N–H and O–H groups in total. The minimum Gasteiger partial charge on any atom is -0.475 e. The lowest BCUT2D eigenvalue weighted by molar-refractivity contribution is 0.0710. The highest BCUT2D eigenvalue weighted by molar-refractivity contribution is 6.74. The van der Waals surface area contributed by atoms with Gasteiger partial charge in [-0.3, -0.25) is 0 Å². The fraction of sp³-hybridized carbons (Fsp3) is 0.786. The van der Waals surface area contributed by atoms with Gasteiger partial charge >= 0.3 is 0 Å². The van der Waals surface area contributed by atoms with E-state index in [0.29, 0.717) is 26.4 Å². The summed E-state index contributed by atoms with van der Waals surface area (Å²) >= 11 is 0. The lowest BCUT2D eigenvalue weighted by atomic mass is 10.2. The molecule has 0 aliphatic carbocycles. The second-order valence-electron chi connectivity index (χ2n) is 6.36. The molecule has 5 nitrogen and oxygen atoms in total. The largest absolute Gasteiger partial charge is 0.475 e. The van der Waals surface area contributed by atoms with Crippen LogP contribution in [0, 0.1) is 0 Å². The number of hydrogen-bond acceptors (Lipinski definition) is 4. The van der Waals surface area contributed by atoms with E-state index in [4.69, 9.17) is 13.9 Å². The topological polar surface area (TPSA) is 45.5 Å². The van der Waals surface area contributed by atoms with Gasteiger partial charge in [0.15, 0.2) is 8.32 Å². The van der Waals surface area contributed by atoms with Crippen molar-refractivity contribution in [2.45, 2.75) is 38.9 Å². The molecule has 20 heavy (non-hydrogen) atoms. The highest BCUT2D eigenvalue weighted by Crippen LogP contribution is 2.36. The van der Waals surface area contributed by atoms with Crippen LogP contribution in [0.3, 0.4) is 0 Å². The summed E-state index contributed by atoms with van der Waals surface area (Å²) in [7, 11) is 0.203. The van der Waals surface area contributed by atoms with Crippen molar-refractivity contribution in [2.24, 2.45) is 7.05 Å². The first-order valence-corrected chi connectivity index (χ1v) is 9.97. The third-order valence-electron chi connectivity index (χ3n) is 3.75. The number of rotatable bonds is 8. The van der Waals surface area contributed by atoms with Crippen LogP contribution in [-0.4, -0.2) is 44.5 Å². The first-order valence-electron chi connectivity index (χ1n) is 7.06. The van der Waals surface area contributed by atoms with Crippen molar-refractivity contribution in [3.63, 3.8) is 0 Å². The molecule has 0 aliphatic heterocycles. The SMILES string of the molecule is Cn1nccc1OCCOCCO[Si](C)(C)C(C)(C)C. The van der Waals surface area contributed by atoms with Gasteiger partial charge in [0.25, 0.3) is 0 Å². The van der Waals surface area contributed by atoms with Crippen LogP contribution in [0.4, 0.5) is 0 Å². The summed E-state index contributed by atoms with van der Waals surface area (Å²) in [5, 5.41) is 4.28. The van der Waals surface area contributed by atoms with Crippen LogP contribution < -0.4 is 4.74 Å². The molecule has 1 aromatic heterocycles. The van der Waals surface area contributed by atoms with Gasteiger partial charge in [-0.15, -0.1) is 0 Å².